The van der Waals surface area contributed by atoms with Gasteiger partial charge in [-0.3, -0.25) is 0 Å². The van der Waals surface area contributed by atoms with Gasteiger partial charge in [-0.25, -0.2) is 4.39 Å². The lowest BCUT2D eigenvalue weighted by Gasteiger charge is -2.28. The van der Waals surface area contributed by atoms with Crippen LogP contribution in [-0.2, 0) is 0 Å². The predicted octanol–water partition coefficient (Wildman–Crippen LogP) is 7.27. The Kier molecular flexibility index (Phi) is 6.65. The van der Waals surface area contributed by atoms with E-state index in [-0.39, 0.29) is 11.3 Å². The van der Waals surface area contributed by atoms with Crippen LogP contribution in [-0.4, -0.2) is 7.11 Å². The molecule has 0 unspecified atom stereocenters. The topological polar surface area (TPSA) is 9.23 Å². The van der Waals surface area contributed by atoms with Crippen molar-refractivity contribution in [3.8, 4) is 16.9 Å². The van der Waals surface area contributed by atoms with Crippen molar-refractivity contribution in [2.45, 2.75) is 51.4 Å². The summed E-state index contributed by atoms with van der Waals surface area (Å²) in [5.41, 5.74) is 2.26. The zero-order valence-electron chi connectivity index (χ0n) is 16.2. The molecule has 1 fully saturated rings. The van der Waals surface area contributed by atoms with Crippen molar-refractivity contribution in [3.63, 3.8) is 0 Å². The standard InChI is InChI=1S/C24H28F2O/c1-3-4-5-6-17-7-9-18(10-8-17)19-11-13-20(14-12-19)21-15-16-22(27-2)24(26)23(21)25/h4-5,11-18H,3,6-10H2,1-2H3/b5-4-. The maximum atomic E-state index is 14.3. The fourth-order valence-corrected chi connectivity index (χ4v) is 4.03. The van der Waals surface area contributed by atoms with E-state index in [0.29, 0.717) is 11.5 Å². The second-order valence-electron chi connectivity index (χ2n) is 7.40. The monoisotopic (exact) mass is 370 g/mol. The average molecular weight is 370 g/mol. The van der Waals surface area contributed by atoms with Crippen LogP contribution in [0.1, 0.15) is 56.9 Å². The molecule has 0 aromatic heterocycles. The Balaban J connectivity index is 1.66. The van der Waals surface area contributed by atoms with Crippen molar-refractivity contribution in [2.24, 2.45) is 5.92 Å². The van der Waals surface area contributed by atoms with Gasteiger partial charge >= 0.3 is 0 Å². The van der Waals surface area contributed by atoms with Crippen molar-refractivity contribution >= 4 is 0 Å². The van der Waals surface area contributed by atoms with Crippen LogP contribution in [0.4, 0.5) is 8.78 Å². The molecular weight excluding hydrogens is 342 g/mol. The molecule has 0 spiro atoms. The third-order valence-corrected chi connectivity index (χ3v) is 5.68. The van der Waals surface area contributed by atoms with Crippen LogP contribution < -0.4 is 4.74 Å². The predicted molar refractivity (Wildman–Crippen MR) is 107 cm³/mol. The summed E-state index contributed by atoms with van der Waals surface area (Å²) in [5, 5.41) is 0. The van der Waals surface area contributed by atoms with Gasteiger partial charge in [0.2, 0.25) is 5.82 Å². The Bertz CT molecular complexity index is 772. The Labute approximate surface area is 161 Å². The summed E-state index contributed by atoms with van der Waals surface area (Å²) < 4.78 is 33.1. The SMILES string of the molecule is CC/C=C\CC1CCC(c2ccc(-c3ccc(OC)c(F)c3F)cc2)CC1. The summed E-state index contributed by atoms with van der Waals surface area (Å²) in [6, 6.07) is 11.0. The first kappa shape index (κ1) is 19.6. The minimum absolute atomic E-state index is 0.0709. The fourth-order valence-electron chi connectivity index (χ4n) is 4.03. The van der Waals surface area contributed by atoms with E-state index in [1.165, 1.54) is 50.8 Å². The number of ether oxygens (including phenoxy) is 1. The van der Waals surface area contributed by atoms with E-state index >= 15 is 0 Å². The smallest absolute Gasteiger partial charge is 0.201 e. The third kappa shape index (κ3) is 4.58. The van der Waals surface area contributed by atoms with Crippen molar-refractivity contribution in [1.82, 2.24) is 0 Å². The lowest BCUT2D eigenvalue weighted by Crippen LogP contribution is -2.12. The highest BCUT2D eigenvalue weighted by Gasteiger charge is 2.22. The number of halogens is 2. The molecule has 0 atom stereocenters. The van der Waals surface area contributed by atoms with Crippen LogP contribution in [0, 0.1) is 17.6 Å². The maximum Gasteiger partial charge on any atom is 0.201 e. The van der Waals surface area contributed by atoms with Gasteiger partial charge < -0.3 is 4.74 Å². The van der Waals surface area contributed by atoms with Gasteiger partial charge in [0.15, 0.2) is 11.6 Å². The third-order valence-electron chi connectivity index (χ3n) is 5.68. The highest BCUT2D eigenvalue weighted by molar-refractivity contribution is 5.65. The molecule has 0 bridgehead atoms. The minimum Gasteiger partial charge on any atom is -0.494 e. The quantitative estimate of drug-likeness (QED) is 0.486. The van der Waals surface area contributed by atoms with E-state index in [9.17, 15) is 8.78 Å². The van der Waals surface area contributed by atoms with Gasteiger partial charge in [0.25, 0.3) is 0 Å². The highest BCUT2D eigenvalue weighted by atomic mass is 19.2. The van der Waals surface area contributed by atoms with Crippen LogP contribution >= 0.6 is 0 Å². The van der Waals surface area contributed by atoms with Gasteiger partial charge in [-0.2, -0.15) is 4.39 Å². The normalized spacial score (nSPS) is 20.1. The minimum atomic E-state index is -0.936. The maximum absolute atomic E-state index is 14.3. The Morgan fingerprint density at radius 2 is 1.63 bits per heavy atom. The molecule has 0 radical (unpaired) electrons. The van der Waals surface area contributed by atoms with E-state index < -0.39 is 11.6 Å². The zero-order valence-corrected chi connectivity index (χ0v) is 16.2. The molecule has 3 heteroatoms. The lowest BCUT2D eigenvalue weighted by atomic mass is 9.77. The molecule has 1 nitrogen and oxygen atoms in total. The summed E-state index contributed by atoms with van der Waals surface area (Å²) in [6.07, 6.45) is 11.8. The molecule has 1 aliphatic carbocycles. The Morgan fingerprint density at radius 1 is 0.926 bits per heavy atom. The molecule has 0 heterocycles. The number of hydrogen-bond acceptors (Lipinski definition) is 1. The van der Waals surface area contributed by atoms with Gasteiger partial charge in [0.05, 0.1) is 7.11 Å². The van der Waals surface area contributed by atoms with E-state index in [1.807, 2.05) is 12.1 Å². The fraction of sp³-hybridized carbons (Fsp3) is 0.417. The number of rotatable bonds is 6. The zero-order chi connectivity index (χ0) is 19.2. The molecule has 1 saturated carbocycles. The average Bonchev–Trinajstić information content (AvgIpc) is 2.71. The Hall–Kier alpha value is -2.16. The van der Waals surface area contributed by atoms with Crippen molar-refractivity contribution in [3.05, 3.63) is 65.7 Å². The summed E-state index contributed by atoms with van der Waals surface area (Å²) in [5.74, 6) is -0.488. The van der Waals surface area contributed by atoms with Crippen LogP contribution in [0.25, 0.3) is 11.1 Å². The van der Waals surface area contributed by atoms with Gasteiger partial charge in [0.1, 0.15) is 0 Å². The molecule has 0 amide bonds. The summed E-state index contributed by atoms with van der Waals surface area (Å²) >= 11 is 0. The van der Waals surface area contributed by atoms with Crippen LogP contribution in [0.15, 0.2) is 48.6 Å². The van der Waals surface area contributed by atoms with E-state index in [1.54, 1.807) is 6.07 Å². The first-order valence-corrected chi connectivity index (χ1v) is 9.91. The molecule has 0 saturated heterocycles. The van der Waals surface area contributed by atoms with Gasteiger partial charge in [-0.15, -0.1) is 0 Å². The summed E-state index contributed by atoms with van der Waals surface area (Å²) in [6.45, 7) is 2.17. The van der Waals surface area contributed by atoms with Crippen molar-refractivity contribution in [1.29, 1.82) is 0 Å². The molecule has 27 heavy (non-hydrogen) atoms. The highest BCUT2D eigenvalue weighted by Crippen LogP contribution is 2.38. The van der Waals surface area contributed by atoms with Crippen LogP contribution in [0.5, 0.6) is 5.75 Å². The Morgan fingerprint density at radius 3 is 2.26 bits per heavy atom. The first-order valence-electron chi connectivity index (χ1n) is 9.91. The van der Waals surface area contributed by atoms with E-state index in [4.69, 9.17) is 4.74 Å². The van der Waals surface area contributed by atoms with Crippen LogP contribution in [0.3, 0.4) is 0 Å². The van der Waals surface area contributed by atoms with E-state index in [0.717, 1.165) is 12.3 Å². The second-order valence-corrected chi connectivity index (χ2v) is 7.40. The lowest BCUT2D eigenvalue weighted by molar-refractivity contribution is 0.328. The molecule has 144 valence electrons. The molecule has 1 aliphatic rings. The molecule has 0 aliphatic heterocycles. The van der Waals surface area contributed by atoms with E-state index in [2.05, 4.69) is 31.2 Å². The second kappa shape index (κ2) is 9.16. The summed E-state index contributed by atoms with van der Waals surface area (Å²) in [4.78, 5) is 0. The largest absolute Gasteiger partial charge is 0.494 e. The molecule has 2 aromatic rings. The van der Waals surface area contributed by atoms with Crippen LogP contribution in [0.2, 0.25) is 0 Å². The molecular formula is C24H28F2O. The molecule has 2 aromatic carbocycles. The number of methoxy groups -OCH3 is 1. The summed E-state index contributed by atoms with van der Waals surface area (Å²) in [7, 11) is 1.33. The molecule has 0 N–H and O–H groups in total. The number of benzene rings is 2. The number of allylic oxidation sites excluding steroid dienone is 2. The number of hydrogen-bond donors (Lipinski definition) is 0. The van der Waals surface area contributed by atoms with Crippen molar-refractivity contribution in [2.75, 3.05) is 7.11 Å². The van der Waals surface area contributed by atoms with Crippen molar-refractivity contribution < 1.29 is 13.5 Å². The first-order chi connectivity index (χ1) is 13.1. The van der Waals surface area contributed by atoms with Gasteiger partial charge in [-0.1, -0.05) is 43.3 Å². The van der Waals surface area contributed by atoms with Gasteiger partial charge in [0, 0.05) is 5.56 Å². The van der Waals surface area contributed by atoms with Gasteiger partial charge in [-0.05, 0) is 73.6 Å². The molecule has 3 rings (SSSR count).